The lowest BCUT2D eigenvalue weighted by Crippen LogP contribution is -2.41. The Hall–Kier alpha value is -5.11. The number of benzene rings is 1. The summed E-state index contributed by atoms with van der Waals surface area (Å²) in [6, 6.07) is 12.3. The van der Waals surface area contributed by atoms with E-state index in [-0.39, 0.29) is 42.1 Å². The smallest absolute Gasteiger partial charge is 0.376 e. The number of fused-ring (bicyclic) bond motifs is 2. The van der Waals surface area contributed by atoms with E-state index >= 15 is 0 Å². The molecule has 0 spiro atoms. The molecule has 0 saturated carbocycles. The minimum absolute atomic E-state index is 0.111. The minimum atomic E-state index is -0.655. The van der Waals surface area contributed by atoms with Crippen molar-refractivity contribution >= 4 is 29.4 Å². The number of carbonyl (C=O) groups is 3. The molecule has 2 N–H and O–H groups in total. The van der Waals surface area contributed by atoms with Crippen LogP contribution in [0.5, 0.6) is 5.75 Å². The third kappa shape index (κ3) is 7.02. The zero-order valence-corrected chi connectivity index (χ0v) is 26.9. The second kappa shape index (κ2) is 13.3. The molecule has 246 valence electrons. The van der Waals surface area contributed by atoms with Gasteiger partial charge in [-0.25, -0.2) is 19.6 Å². The van der Waals surface area contributed by atoms with Crippen molar-refractivity contribution in [2.75, 3.05) is 38.2 Å². The second-order valence-electron chi connectivity index (χ2n) is 12.4. The van der Waals surface area contributed by atoms with E-state index in [1.165, 1.54) is 0 Å². The lowest BCUT2D eigenvalue weighted by molar-refractivity contribution is 0.0294. The lowest BCUT2D eigenvalue weighted by atomic mass is 9.85. The lowest BCUT2D eigenvalue weighted by Gasteiger charge is -2.32. The Morgan fingerprint density at radius 2 is 1.77 bits per heavy atom. The quantitative estimate of drug-likeness (QED) is 0.279. The topological polar surface area (TPSA) is 162 Å². The van der Waals surface area contributed by atoms with Crippen molar-refractivity contribution in [1.82, 2.24) is 34.8 Å². The fourth-order valence-corrected chi connectivity index (χ4v) is 5.67. The number of carbonyl (C=O) groups excluding carboxylic acids is 3. The number of ether oxygens (including phenoxy) is 3. The Bertz CT molecular complexity index is 1800. The number of hydrogen-bond donors (Lipinski definition) is 2. The largest absolute Gasteiger partial charge is 0.484 e. The van der Waals surface area contributed by atoms with E-state index in [2.05, 4.69) is 30.8 Å². The molecule has 4 heterocycles. The third-order valence-electron chi connectivity index (χ3n) is 8.08. The summed E-state index contributed by atoms with van der Waals surface area (Å²) in [4.78, 5) is 49.1. The van der Waals surface area contributed by atoms with Crippen molar-refractivity contribution in [1.29, 1.82) is 0 Å². The van der Waals surface area contributed by atoms with E-state index in [0.717, 1.165) is 11.1 Å². The van der Waals surface area contributed by atoms with Gasteiger partial charge < -0.3 is 24.4 Å². The fourth-order valence-electron chi connectivity index (χ4n) is 5.67. The highest BCUT2D eigenvalue weighted by Gasteiger charge is 2.30. The maximum absolute atomic E-state index is 13.2. The molecule has 2 atom stereocenters. The molecule has 47 heavy (non-hydrogen) atoms. The Morgan fingerprint density at radius 3 is 2.51 bits per heavy atom. The number of rotatable bonds is 7. The summed E-state index contributed by atoms with van der Waals surface area (Å²) < 4.78 is 18.6. The molecule has 4 aromatic rings. The number of urea groups is 1. The van der Waals surface area contributed by atoms with E-state index in [1.807, 2.05) is 51.1 Å². The van der Waals surface area contributed by atoms with Gasteiger partial charge in [-0.2, -0.15) is 0 Å². The van der Waals surface area contributed by atoms with Gasteiger partial charge in [0.1, 0.15) is 17.7 Å². The molecule has 0 radical (unpaired) electrons. The summed E-state index contributed by atoms with van der Waals surface area (Å²) in [6.45, 7) is 9.75. The zero-order valence-electron chi connectivity index (χ0n) is 26.9. The predicted octanol–water partition coefficient (Wildman–Crippen LogP) is 4.24. The summed E-state index contributed by atoms with van der Waals surface area (Å²) >= 11 is 0. The number of aromatic nitrogens is 5. The van der Waals surface area contributed by atoms with Crippen LogP contribution in [-0.4, -0.2) is 80.3 Å². The maximum atomic E-state index is 13.2. The molecule has 1 aliphatic heterocycles. The van der Waals surface area contributed by atoms with E-state index in [1.54, 1.807) is 34.6 Å². The number of morpholine rings is 1. The first kappa shape index (κ1) is 31.9. The Morgan fingerprint density at radius 1 is 1.00 bits per heavy atom. The van der Waals surface area contributed by atoms with Gasteiger partial charge in [-0.1, -0.05) is 45.0 Å². The SMILES string of the molecule is CCOC(=O)c1nc(NC(=O)N[C@H]2CC[C@@H](Oc3ccc4nnc(C(=O)N5CCOCC5)n4c3)c3ccccc32)cc(C(C)(C)C)n1. The van der Waals surface area contributed by atoms with Gasteiger partial charge in [-0.15, -0.1) is 10.2 Å². The zero-order chi connectivity index (χ0) is 33.1. The summed E-state index contributed by atoms with van der Waals surface area (Å²) in [5.74, 6) is 0.0125. The monoisotopic (exact) mass is 642 g/mol. The molecule has 3 amide bonds. The van der Waals surface area contributed by atoms with Crippen molar-refractivity contribution < 1.29 is 28.6 Å². The average Bonchev–Trinajstić information content (AvgIpc) is 3.49. The Labute approximate surface area is 271 Å². The molecule has 6 rings (SSSR count). The molecule has 0 unspecified atom stereocenters. The van der Waals surface area contributed by atoms with Gasteiger partial charge in [0.05, 0.1) is 37.8 Å². The number of hydrogen-bond acceptors (Lipinski definition) is 10. The standard InChI is InChI=1S/C33H38N8O6/c1-5-46-31(43)28-35-25(33(2,3)4)18-26(36-28)37-32(44)34-23-11-12-24(22-9-7-6-8-21(22)23)47-20-10-13-27-38-39-29(41(27)19-20)30(42)40-14-16-45-17-15-40/h6-10,13,18-19,23-24H,5,11-12,14-17H2,1-4H3,(H2,34,35,36,37,44)/t23-,24+/m0/s1. The highest BCUT2D eigenvalue weighted by atomic mass is 16.5. The van der Waals surface area contributed by atoms with Crippen LogP contribution in [0.15, 0.2) is 48.7 Å². The van der Waals surface area contributed by atoms with Crippen LogP contribution in [0.1, 0.15) is 90.7 Å². The molecule has 14 nitrogen and oxygen atoms in total. The van der Waals surface area contributed by atoms with Crippen molar-refractivity contribution in [3.63, 3.8) is 0 Å². The number of anilines is 1. The van der Waals surface area contributed by atoms with Crippen molar-refractivity contribution in [2.45, 2.75) is 58.1 Å². The van der Waals surface area contributed by atoms with Gasteiger partial charge >= 0.3 is 12.0 Å². The number of nitrogens with one attached hydrogen (secondary N) is 2. The molecular weight excluding hydrogens is 604 g/mol. The maximum Gasteiger partial charge on any atom is 0.376 e. The summed E-state index contributed by atoms with van der Waals surface area (Å²) in [7, 11) is 0. The van der Waals surface area contributed by atoms with Gasteiger partial charge in [0.25, 0.3) is 5.91 Å². The van der Waals surface area contributed by atoms with Gasteiger partial charge in [0.2, 0.25) is 11.6 Å². The second-order valence-corrected chi connectivity index (χ2v) is 12.4. The first-order valence-corrected chi connectivity index (χ1v) is 15.7. The fraction of sp³-hybridized carbons (Fsp3) is 0.424. The van der Waals surface area contributed by atoms with Gasteiger partial charge in [0.15, 0.2) is 5.65 Å². The Kier molecular flexibility index (Phi) is 9.03. The average molecular weight is 643 g/mol. The van der Waals surface area contributed by atoms with Crippen LogP contribution in [0.25, 0.3) is 5.65 Å². The van der Waals surface area contributed by atoms with E-state index in [4.69, 9.17) is 14.2 Å². The van der Waals surface area contributed by atoms with Crippen LogP contribution in [-0.2, 0) is 14.9 Å². The van der Waals surface area contributed by atoms with Crippen LogP contribution in [0, 0.1) is 0 Å². The minimum Gasteiger partial charge on any atom is -0.484 e. The highest BCUT2D eigenvalue weighted by Crippen LogP contribution is 2.39. The molecule has 14 heteroatoms. The molecule has 1 saturated heterocycles. The van der Waals surface area contributed by atoms with Gasteiger partial charge in [-0.05, 0) is 43.0 Å². The summed E-state index contributed by atoms with van der Waals surface area (Å²) in [5.41, 5.74) is 2.61. The first-order valence-electron chi connectivity index (χ1n) is 15.7. The molecule has 0 bridgehead atoms. The van der Waals surface area contributed by atoms with Crippen LogP contribution in [0.2, 0.25) is 0 Å². The van der Waals surface area contributed by atoms with Crippen molar-refractivity contribution in [3.8, 4) is 5.75 Å². The van der Waals surface area contributed by atoms with Crippen LogP contribution in [0.4, 0.5) is 10.6 Å². The number of amides is 3. The number of nitrogens with zero attached hydrogens (tertiary/aromatic N) is 6. The van der Waals surface area contributed by atoms with Gasteiger partial charge in [0, 0.05) is 24.6 Å². The van der Waals surface area contributed by atoms with Crippen LogP contribution >= 0.6 is 0 Å². The van der Waals surface area contributed by atoms with E-state index in [0.29, 0.717) is 56.2 Å². The number of pyridine rings is 1. The van der Waals surface area contributed by atoms with Crippen molar-refractivity contribution in [2.24, 2.45) is 0 Å². The highest BCUT2D eigenvalue weighted by molar-refractivity contribution is 5.92. The summed E-state index contributed by atoms with van der Waals surface area (Å²) in [5, 5.41) is 14.2. The molecule has 1 fully saturated rings. The first-order chi connectivity index (χ1) is 22.6. The van der Waals surface area contributed by atoms with Crippen molar-refractivity contribution in [3.05, 3.63) is 77.1 Å². The van der Waals surface area contributed by atoms with E-state index in [9.17, 15) is 14.4 Å². The normalized spacial score (nSPS) is 17.9. The molecule has 1 aliphatic carbocycles. The molecular formula is C33H38N8O6. The summed E-state index contributed by atoms with van der Waals surface area (Å²) in [6.07, 6.45) is 2.68. The van der Waals surface area contributed by atoms with E-state index < -0.39 is 17.4 Å². The third-order valence-corrected chi connectivity index (χ3v) is 8.08. The number of esters is 1. The Balaban J connectivity index is 1.17. The molecule has 2 aliphatic rings. The van der Waals surface area contributed by atoms with Gasteiger partial charge in [-0.3, -0.25) is 14.5 Å². The van der Waals surface area contributed by atoms with Crippen LogP contribution in [0.3, 0.4) is 0 Å². The molecule has 3 aromatic heterocycles. The predicted molar refractivity (Wildman–Crippen MR) is 170 cm³/mol. The van der Waals surface area contributed by atoms with Crippen LogP contribution < -0.4 is 15.4 Å². The molecule has 1 aromatic carbocycles.